The number of aromatic nitrogens is 2. The topological polar surface area (TPSA) is 83.5 Å². The van der Waals surface area contributed by atoms with Gasteiger partial charge in [-0.3, -0.25) is 4.79 Å². The molecule has 4 rings (SSSR count). The van der Waals surface area contributed by atoms with Crippen LogP contribution in [0.1, 0.15) is 5.69 Å². The van der Waals surface area contributed by atoms with Gasteiger partial charge >= 0.3 is 6.18 Å². The molecule has 3 aromatic rings. The Kier molecular flexibility index (Phi) is 6.59. The monoisotopic (exact) mass is 496 g/mol. The van der Waals surface area contributed by atoms with Gasteiger partial charge in [-0.1, -0.05) is 42.1 Å². The third-order valence-corrected chi connectivity index (χ3v) is 7.94. The summed E-state index contributed by atoms with van der Waals surface area (Å²) in [4.78, 5) is 21.4. The predicted molar refractivity (Wildman–Crippen MR) is 117 cm³/mol. The van der Waals surface area contributed by atoms with Gasteiger partial charge in [-0.05, 0) is 29.0 Å². The van der Waals surface area contributed by atoms with Crippen LogP contribution in [0.3, 0.4) is 0 Å². The van der Waals surface area contributed by atoms with Crippen molar-refractivity contribution in [3.8, 4) is 0 Å². The van der Waals surface area contributed by atoms with Crippen LogP contribution in [0.4, 0.5) is 13.2 Å². The van der Waals surface area contributed by atoms with E-state index in [4.69, 9.17) is 0 Å². The summed E-state index contributed by atoms with van der Waals surface area (Å²) in [5, 5.41) is 1.62. The molecule has 1 aliphatic heterocycles. The van der Waals surface area contributed by atoms with Gasteiger partial charge in [0.25, 0.3) is 0 Å². The molecule has 1 saturated heterocycles. The minimum absolute atomic E-state index is 0.131. The number of amides is 1. The Morgan fingerprint density at radius 1 is 1.00 bits per heavy atom. The molecule has 1 aromatic heterocycles. The highest BCUT2D eigenvalue weighted by molar-refractivity contribution is 7.99. The molecule has 0 spiro atoms. The van der Waals surface area contributed by atoms with Crippen LogP contribution >= 0.6 is 11.8 Å². The Labute approximate surface area is 192 Å². The van der Waals surface area contributed by atoms with Crippen molar-refractivity contribution in [2.75, 3.05) is 31.9 Å². The summed E-state index contributed by atoms with van der Waals surface area (Å²) in [7, 11) is -3.71. The van der Waals surface area contributed by atoms with Crippen molar-refractivity contribution >= 4 is 38.5 Å². The molecule has 0 atom stereocenters. The second-order valence-corrected chi connectivity index (χ2v) is 10.2. The molecule has 1 fully saturated rings. The van der Waals surface area contributed by atoms with E-state index in [-0.39, 0.29) is 47.9 Å². The summed E-state index contributed by atoms with van der Waals surface area (Å²) in [6.07, 6.45) is -3.59. The van der Waals surface area contributed by atoms with Crippen molar-refractivity contribution < 1.29 is 26.4 Å². The molecule has 1 aliphatic rings. The SMILES string of the molecule is O=C(CSc1nccc(C(F)(F)F)n1)N1CCN(S(=O)(=O)c2ccc3ccccc3c2)CC1. The molecule has 0 saturated carbocycles. The number of alkyl halides is 3. The summed E-state index contributed by atoms with van der Waals surface area (Å²) in [5.41, 5.74) is -1.07. The first-order valence-corrected chi connectivity index (χ1v) is 12.4. The fraction of sp³-hybridized carbons (Fsp3) is 0.286. The van der Waals surface area contributed by atoms with Crippen LogP contribution in [0.15, 0.2) is 64.8 Å². The molecule has 2 aromatic carbocycles. The molecular weight excluding hydrogens is 477 g/mol. The van der Waals surface area contributed by atoms with Crippen LogP contribution in [0, 0.1) is 0 Å². The fourth-order valence-corrected chi connectivity index (χ4v) is 5.63. The molecule has 0 N–H and O–H groups in total. The van der Waals surface area contributed by atoms with Crippen molar-refractivity contribution in [3.63, 3.8) is 0 Å². The van der Waals surface area contributed by atoms with E-state index >= 15 is 0 Å². The largest absolute Gasteiger partial charge is 0.433 e. The van der Waals surface area contributed by atoms with Crippen LogP contribution in [-0.2, 0) is 21.0 Å². The van der Waals surface area contributed by atoms with Gasteiger partial charge in [0, 0.05) is 32.4 Å². The molecule has 0 unspecified atom stereocenters. The Morgan fingerprint density at radius 3 is 2.39 bits per heavy atom. The molecule has 174 valence electrons. The molecule has 33 heavy (non-hydrogen) atoms. The van der Waals surface area contributed by atoms with Gasteiger partial charge in [0.15, 0.2) is 5.16 Å². The maximum Gasteiger partial charge on any atom is 0.433 e. The van der Waals surface area contributed by atoms with Gasteiger partial charge in [0.1, 0.15) is 5.69 Å². The average Bonchev–Trinajstić information content (AvgIpc) is 2.82. The second kappa shape index (κ2) is 9.27. The lowest BCUT2D eigenvalue weighted by atomic mass is 10.1. The highest BCUT2D eigenvalue weighted by Gasteiger charge is 2.33. The molecule has 0 aliphatic carbocycles. The first-order chi connectivity index (χ1) is 15.6. The number of piperazine rings is 1. The molecule has 7 nitrogen and oxygen atoms in total. The zero-order chi connectivity index (χ0) is 23.6. The van der Waals surface area contributed by atoms with Crippen LogP contribution in [-0.4, -0.2) is 65.4 Å². The van der Waals surface area contributed by atoms with E-state index < -0.39 is 21.9 Å². The van der Waals surface area contributed by atoms with Gasteiger partial charge in [-0.15, -0.1) is 0 Å². The number of rotatable bonds is 5. The summed E-state index contributed by atoms with van der Waals surface area (Å²) in [6, 6.07) is 13.2. The minimum Gasteiger partial charge on any atom is -0.339 e. The van der Waals surface area contributed by atoms with E-state index in [0.29, 0.717) is 0 Å². The lowest BCUT2D eigenvalue weighted by molar-refractivity contribution is -0.141. The van der Waals surface area contributed by atoms with Gasteiger partial charge in [0.05, 0.1) is 10.6 Å². The van der Waals surface area contributed by atoms with Gasteiger partial charge in [-0.2, -0.15) is 17.5 Å². The number of sulfonamides is 1. The van der Waals surface area contributed by atoms with Crippen LogP contribution in [0.25, 0.3) is 10.8 Å². The van der Waals surface area contributed by atoms with E-state index in [0.717, 1.165) is 34.8 Å². The van der Waals surface area contributed by atoms with Crippen molar-refractivity contribution in [3.05, 3.63) is 60.4 Å². The number of hydrogen-bond donors (Lipinski definition) is 0. The highest BCUT2D eigenvalue weighted by atomic mass is 32.2. The van der Waals surface area contributed by atoms with Crippen LogP contribution in [0.2, 0.25) is 0 Å². The number of hydrogen-bond acceptors (Lipinski definition) is 6. The third-order valence-electron chi connectivity index (χ3n) is 5.20. The zero-order valence-corrected chi connectivity index (χ0v) is 18.8. The van der Waals surface area contributed by atoms with Gasteiger partial charge in [-0.25, -0.2) is 18.4 Å². The summed E-state index contributed by atoms with van der Waals surface area (Å²) in [5.74, 6) is -0.456. The zero-order valence-electron chi connectivity index (χ0n) is 17.2. The number of benzene rings is 2. The van der Waals surface area contributed by atoms with Gasteiger partial charge < -0.3 is 4.90 Å². The van der Waals surface area contributed by atoms with Crippen molar-refractivity contribution in [2.24, 2.45) is 0 Å². The summed E-state index contributed by atoms with van der Waals surface area (Å²) in [6.45, 7) is 0.641. The first-order valence-electron chi connectivity index (χ1n) is 9.94. The Morgan fingerprint density at radius 2 is 1.70 bits per heavy atom. The van der Waals surface area contributed by atoms with Crippen molar-refractivity contribution in [2.45, 2.75) is 16.2 Å². The van der Waals surface area contributed by atoms with Crippen molar-refractivity contribution in [1.29, 1.82) is 0 Å². The summed E-state index contributed by atoms with van der Waals surface area (Å²) >= 11 is 0.811. The first kappa shape index (κ1) is 23.5. The van der Waals surface area contributed by atoms with Crippen molar-refractivity contribution in [1.82, 2.24) is 19.2 Å². The van der Waals surface area contributed by atoms with E-state index in [1.807, 2.05) is 24.3 Å². The molecule has 1 amide bonds. The standard InChI is InChI=1S/C21H19F3N4O3S2/c22-21(23,24)18-7-8-25-20(26-18)32-14-19(29)27-9-11-28(12-10-27)33(30,31)17-6-5-15-3-1-2-4-16(15)13-17/h1-8,13H,9-12,14H2. The fourth-order valence-electron chi connectivity index (χ4n) is 3.44. The highest BCUT2D eigenvalue weighted by Crippen LogP contribution is 2.28. The van der Waals surface area contributed by atoms with E-state index in [1.54, 1.807) is 18.2 Å². The molecule has 0 bridgehead atoms. The molecule has 0 radical (unpaired) electrons. The number of carbonyl (C=O) groups is 1. The van der Waals surface area contributed by atoms with Crippen LogP contribution < -0.4 is 0 Å². The lowest BCUT2D eigenvalue weighted by Gasteiger charge is -2.34. The van der Waals surface area contributed by atoms with Crippen LogP contribution in [0.5, 0.6) is 0 Å². The van der Waals surface area contributed by atoms with E-state index in [9.17, 15) is 26.4 Å². The normalized spacial score (nSPS) is 15.7. The number of carbonyl (C=O) groups excluding carboxylic acids is 1. The Bertz CT molecular complexity index is 1280. The lowest BCUT2D eigenvalue weighted by Crippen LogP contribution is -2.50. The Hall–Kier alpha value is -2.70. The van der Waals surface area contributed by atoms with E-state index in [2.05, 4.69) is 9.97 Å². The molecular formula is C21H19F3N4O3S2. The predicted octanol–water partition coefficient (Wildman–Crippen LogP) is 3.27. The third kappa shape index (κ3) is 5.28. The number of fused-ring (bicyclic) bond motifs is 1. The number of nitrogens with zero attached hydrogens (tertiary/aromatic N) is 4. The minimum atomic E-state index is -4.59. The summed E-state index contributed by atoms with van der Waals surface area (Å²) < 4.78 is 65.7. The molecule has 2 heterocycles. The average molecular weight is 497 g/mol. The van der Waals surface area contributed by atoms with E-state index in [1.165, 1.54) is 9.21 Å². The Balaban J connectivity index is 1.35. The van der Waals surface area contributed by atoms with Gasteiger partial charge in [0.2, 0.25) is 15.9 Å². The maximum absolute atomic E-state index is 13.0. The smallest absolute Gasteiger partial charge is 0.339 e. The number of halogens is 3. The number of thioether (sulfide) groups is 1. The second-order valence-electron chi connectivity index (χ2n) is 7.30. The maximum atomic E-state index is 13.0. The molecule has 12 heteroatoms. The quantitative estimate of drug-likeness (QED) is 0.398.